The van der Waals surface area contributed by atoms with Crippen LogP contribution in [0, 0.1) is 0 Å². The van der Waals surface area contributed by atoms with Crippen LogP contribution in [-0.4, -0.2) is 34.6 Å². The lowest BCUT2D eigenvalue weighted by Crippen LogP contribution is -2.35. The van der Waals surface area contributed by atoms with Gasteiger partial charge in [-0.15, -0.1) is 0 Å². The number of rotatable bonds is 1. The molecule has 3 rings (SSSR count). The van der Waals surface area contributed by atoms with E-state index in [0.29, 0.717) is 6.04 Å². The molecule has 0 spiro atoms. The van der Waals surface area contributed by atoms with Crippen molar-refractivity contribution >= 4 is 12.2 Å². The fourth-order valence-electron chi connectivity index (χ4n) is 2.84. The number of aromatic nitrogens is 2. The third kappa shape index (κ3) is 1.97. The van der Waals surface area contributed by atoms with E-state index in [2.05, 4.69) is 35.2 Å². The number of hydrogen-bond acceptors (Lipinski definition) is 2. The second kappa shape index (κ2) is 4.61. The molecule has 1 N–H and O–H groups in total. The minimum atomic E-state index is 0.0331. The van der Waals surface area contributed by atoms with Gasteiger partial charge >= 0.3 is 5.69 Å². The highest BCUT2D eigenvalue weighted by Gasteiger charge is 2.23. The van der Waals surface area contributed by atoms with Crippen LogP contribution in [0.15, 0.2) is 16.9 Å². The first-order valence-corrected chi connectivity index (χ1v) is 6.62. The van der Waals surface area contributed by atoms with E-state index in [-0.39, 0.29) is 5.69 Å². The van der Waals surface area contributed by atoms with Gasteiger partial charge in [0.1, 0.15) is 0 Å². The summed E-state index contributed by atoms with van der Waals surface area (Å²) in [6, 6.07) is 0.338. The fraction of sp³-hybridized carbons (Fsp3) is 0.500. The Morgan fingerprint density at radius 2 is 1.94 bits per heavy atom. The molecule has 1 aliphatic heterocycles. The quantitative estimate of drug-likeness (QED) is 0.820. The van der Waals surface area contributed by atoms with Crippen molar-refractivity contribution < 1.29 is 0 Å². The SMILES string of the molecule is CN1CCC(n2c3c([nH]c2=O)C=CCC=C3)CC1. The highest BCUT2D eigenvalue weighted by molar-refractivity contribution is 5.62. The van der Waals surface area contributed by atoms with Crippen molar-refractivity contribution in [1.82, 2.24) is 14.5 Å². The Morgan fingerprint density at radius 1 is 1.22 bits per heavy atom. The molecule has 0 radical (unpaired) electrons. The molecule has 2 heterocycles. The van der Waals surface area contributed by atoms with Crippen LogP contribution in [0.25, 0.3) is 12.2 Å². The Balaban J connectivity index is 1.99. The van der Waals surface area contributed by atoms with E-state index in [0.717, 1.165) is 43.7 Å². The molecule has 96 valence electrons. The summed E-state index contributed by atoms with van der Waals surface area (Å²) in [6.07, 6.45) is 11.3. The van der Waals surface area contributed by atoms with Crippen molar-refractivity contribution in [3.8, 4) is 0 Å². The second-order valence-corrected chi connectivity index (χ2v) is 5.17. The number of nitrogens with zero attached hydrogens (tertiary/aromatic N) is 2. The van der Waals surface area contributed by atoms with Gasteiger partial charge in [-0.1, -0.05) is 12.2 Å². The molecular weight excluding hydrogens is 226 g/mol. The fourth-order valence-corrected chi connectivity index (χ4v) is 2.84. The van der Waals surface area contributed by atoms with Gasteiger partial charge in [0.25, 0.3) is 0 Å². The number of likely N-dealkylation sites (tertiary alicyclic amines) is 1. The second-order valence-electron chi connectivity index (χ2n) is 5.17. The standard InChI is InChI=1S/C14H19N3O/c1-16-9-7-11(8-10-16)17-13-6-4-2-3-5-12(13)15-14(17)18/h3-6,11H,2,7-10H2,1H3,(H,15,18). The van der Waals surface area contributed by atoms with Gasteiger partial charge in [0.15, 0.2) is 0 Å². The predicted octanol–water partition coefficient (Wildman–Crippen LogP) is 1.87. The molecule has 0 amide bonds. The van der Waals surface area contributed by atoms with Crippen molar-refractivity contribution in [3.05, 3.63) is 34.0 Å². The van der Waals surface area contributed by atoms with Crippen molar-refractivity contribution in [2.75, 3.05) is 20.1 Å². The Hall–Kier alpha value is -1.55. The summed E-state index contributed by atoms with van der Waals surface area (Å²) in [5, 5.41) is 0. The molecule has 4 nitrogen and oxygen atoms in total. The zero-order valence-electron chi connectivity index (χ0n) is 10.7. The molecule has 0 bridgehead atoms. The van der Waals surface area contributed by atoms with Crippen molar-refractivity contribution in [1.29, 1.82) is 0 Å². The molecule has 4 heteroatoms. The topological polar surface area (TPSA) is 41.0 Å². The van der Waals surface area contributed by atoms with Crippen molar-refractivity contribution in [3.63, 3.8) is 0 Å². The molecule has 0 unspecified atom stereocenters. The lowest BCUT2D eigenvalue weighted by molar-refractivity contribution is 0.218. The first kappa shape index (κ1) is 11.5. The van der Waals surface area contributed by atoms with Crippen LogP contribution in [0.4, 0.5) is 0 Å². The average Bonchev–Trinajstić information content (AvgIpc) is 2.54. The maximum absolute atomic E-state index is 12.1. The maximum Gasteiger partial charge on any atom is 0.326 e. The van der Waals surface area contributed by atoms with E-state index in [1.807, 2.05) is 10.6 Å². The highest BCUT2D eigenvalue weighted by atomic mass is 16.1. The van der Waals surface area contributed by atoms with E-state index < -0.39 is 0 Å². The summed E-state index contributed by atoms with van der Waals surface area (Å²) in [5.74, 6) is 0. The number of piperidine rings is 1. The summed E-state index contributed by atoms with van der Waals surface area (Å²) in [5.41, 5.74) is 2.03. The van der Waals surface area contributed by atoms with Gasteiger partial charge < -0.3 is 9.88 Å². The molecule has 1 aromatic heterocycles. The van der Waals surface area contributed by atoms with Crippen LogP contribution in [0.1, 0.15) is 36.7 Å². The highest BCUT2D eigenvalue weighted by Crippen LogP contribution is 2.25. The summed E-state index contributed by atoms with van der Waals surface area (Å²) < 4.78 is 1.95. The number of hydrogen-bond donors (Lipinski definition) is 1. The molecule has 18 heavy (non-hydrogen) atoms. The third-order valence-corrected chi connectivity index (χ3v) is 3.88. The molecule has 1 saturated heterocycles. The van der Waals surface area contributed by atoms with E-state index in [1.54, 1.807) is 0 Å². The van der Waals surface area contributed by atoms with Crippen LogP contribution < -0.4 is 5.69 Å². The minimum absolute atomic E-state index is 0.0331. The van der Waals surface area contributed by atoms with Crippen LogP contribution in [0.5, 0.6) is 0 Å². The number of nitrogens with one attached hydrogen (secondary N) is 1. The van der Waals surface area contributed by atoms with Crippen LogP contribution in [0.2, 0.25) is 0 Å². The van der Waals surface area contributed by atoms with E-state index >= 15 is 0 Å². The van der Waals surface area contributed by atoms with Gasteiger partial charge in [-0.2, -0.15) is 0 Å². The number of imidazole rings is 1. The molecule has 1 aromatic rings. The molecule has 0 saturated carbocycles. The monoisotopic (exact) mass is 245 g/mol. The van der Waals surface area contributed by atoms with E-state index in [1.165, 1.54) is 0 Å². The molecule has 1 fully saturated rings. The summed E-state index contributed by atoms with van der Waals surface area (Å²) in [7, 11) is 2.14. The van der Waals surface area contributed by atoms with Crippen molar-refractivity contribution in [2.45, 2.75) is 25.3 Å². The van der Waals surface area contributed by atoms with Crippen LogP contribution >= 0.6 is 0 Å². The average molecular weight is 245 g/mol. The lowest BCUT2D eigenvalue weighted by Gasteiger charge is -2.30. The Labute approximate surface area is 107 Å². The van der Waals surface area contributed by atoms with Gasteiger partial charge in [0.05, 0.1) is 11.4 Å². The Bertz CT molecular complexity index is 542. The smallest absolute Gasteiger partial charge is 0.306 e. The number of allylic oxidation sites excluding steroid dienone is 2. The first-order valence-electron chi connectivity index (χ1n) is 6.62. The summed E-state index contributed by atoms with van der Waals surface area (Å²) in [4.78, 5) is 17.4. The number of fused-ring (bicyclic) bond motifs is 1. The third-order valence-electron chi connectivity index (χ3n) is 3.88. The molecule has 0 aromatic carbocycles. The maximum atomic E-state index is 12.1. The molecule has 2 aliphatic rings. The Kier molecular flexibility index (Phi) is 2.96. The largest absolute Gasteiger partial charge is 0.326 e. The summed E-state index contributed by atoms with van der Waals surface area (Å²) >= 11 is 0. The molecule has 0 atom stereocenters. The summed E-state index contributed by atoms with van der Waals surface area (Å²) in [6.45, 7) is 2.13. The van der Waals surface area contributed by atoms with Gasteiger partial charge in [0.2, 0.25) is 0 Å². The van der Waals surface area contributed by atoms with Gasteiger partial charge in [-0.3, -0.25) is 4.57 Å². The lowest BCUT2D eigenvalue weighted by atomic mass is 10.0. The number of aromatic amines is 1. The first-order chi connectivity index (χ1) is 8.75. The van der Waals surface area contributed by atoms with Crippen molar-refractivity contribution in [2.24, 2.45) is 0 Å². The van der Waals surface area contributed by atoms with Crippen LogP contribution in [-0.2, 0) is 0 Å². The van der Waals surface area contributed by atoms with Gasteiger partial charge in [-0.25, -0.2) is 4.79 Å². The molecular formula is C14H19N3O. The van der Waals surface area contributed by atoms with E-state index in [9.17, 15) is 4.79 Å². The minimum Gasteiger partial charge on any atom is -0.306 e. The molecule has 1 aliphatic carbocycles. The Morgan fingerprint density at radius 3 is 2.72 bits per heavy atom. The predicted molar refractivity (Wildman–Crippen MR) is 73.5 cm³/mol. The van der Waals surface area contributed by atoms with E-state index in [4.69, 9.17) is 0 Å². The zero-order chi connectivity index (χ0) is 12.5. The van der Waals surface area contributed by atoms with Crippen LogP contribution in [0.3, 0.4) is 0 Å². The number of H-pyrrole nitrogens is 1. The van der Waals surface area contributed by atoms with Gasteiger partial charge in [-0.05, 0) is 51.6 Å². The zero-order valence-corrected chi connectivity index (χ0v) is 10.7. The normalized spacial score (nSPS) is 20.9. The van der Waals surface area contributed by atoms with Gasteiger partial charge in [0, 0.05) is 6.04 Å².